The van der Waals surface area contributed by atoms with E-state index in [1.165, 1.54) is 52.6 Å². The maximum Gasteiger partial charge on any atom is 0.305 e. The molecule has 6 atom stereocenters. The van der Waals surface area contributed by atoms with Gasteiger partial charge >= 0.3 is 5.97 Å². The second-order valence-electron chi connectivity index (χ2n) is 15.2. The summed E-state index contributed by atoms with van der Waals surface area (Å²) in [4.78, 5) is 112. The molecule has 3 rings (SSSR count). The SMILES string of the molecule is CC[C@H](C)C(NC(C)=O)C(=O)N(C)[C@@H](C)C(=O)N1CC[C@H]1C(=O)N(C)[C@@H](CC1CCCCC1)C(=O)N(C)CC(=O)N[C@@H](CC(=O)O)C(=O)N1CCCC1. The molecule has 1 aliphatic carbocycles. The highest BCUT2D eigenvalue weighted by molar-refractivity contribution is 5.97. The molecule has 0 aromatic heterocycles. The molecule has 0 radical (unpaired) electrons. The number of amides is 7. The van der Waals surface area contributed by atoms with E-state index in [1.807, 2.05) is 13.8 Å². The summed E-state index contributed by atoms with van der Waals surface area (Å²) in [5, 5.41) is 14.6. The minimum atomic E-state index is -1.27. The molecule has 3 aliphatic rings. The molecule has 16 heteroatoms. The third-order valence-electron chi connectivity index (χ3n) is 11.3. The summed E-state index contributed by atoms with van der Waals surface area (Å²) in [5.74, 6) is -4.49. The average molecular weight is 748 g/mol. The minimum Gasteiger partial charge on any atom is -0.481 e. The Hall–Kier alpha value is -4.24. The number of hydrogen-bond donors (Lipinski definition) is 3. The topological polar surface area (TPSA) is 197 Å². The molecule has 16 nitrogen and oxygen atoms in total. The number of hydrogen-bond acceptors (Lipinski definition) is 8. The van der Waals surface area contributed by atoms with Crippen molar-refractivity contribution in [3.05, 3.63) is 0 Å². The predicted molar refractivity (Wildman–Crippen MR) is 195 cm³/mol. The maximum atomic E-state index is 14.1. The van der Waals surface area contributed by atoms with Crippen molar-refractivity contribution in [3.8, 4) is 0 Å². The third-order valence-corrected chi connectivity index (χ3v) is 11.3. The van der Waals surface area contributed by atoms with Crippen LogP contribution in [0.3, 0.4) is 0 Å². The summed E-state index contributed by atoms with van der Waals surface area (Å²) in [5.41, 5.74) is 0. The Labute approximate surface area is 313 Å². The molecule has 2 heterocycles. The number of carbonyl (C=O) groups excluding carboxylic acids is 7. The van der Waals surface area contributed by atoms with E-state index in [0.29, 0.717) is 38.9 Å². The first-order chi connectivity index (χ1) is 25.0. The fourth-order valence-electron chi connectivity index (χ4n) is 7.50. The Kier molecular flexibility index (Phi) is 16.1. The Morgan fingerprint density at radius 2 is 1.42 bits per heavy atom. The number of carboxylic acid groups (broad SMARTS) is 1. The average Bonchev–Trinajstić information content (AvgIpc) is 3.65. The summed E-state index contributed by atoms with van der Waals surface area (Å²) in [7, 11) is 4.47. The number of likely N-dealkylation sites (N-methyl/N-ethyl adjacent to an activating group) is 3. The van der Waals surface area contributed by atoms with Gasteiger partial charge in [-0.1, -0.05) is 52.4 Å². The number of aliphatic carboxylic acids is 1. The van der Waals surface area contributed by atoms with Crippen molar-refractivity contribution in [1.82, 2.24) is 35.1 Å². The largest absolute Gasteiger partial charge is 0.481 e. The molecule has 53 heavy (non-hydrogen) atoms. The summed E-state index contributed by atoms with van der Waals surface area (Å²) in [6.45, 7) is 7.49. The fraction of sp³-hybridized carbons (Fsp3) is 0.784. The molecule has 2 aliphatic heterocycles. The lowest BCUT2D eigenvalue weighted by Gasteiger charge is -2.45. The Morgan fingerprint density at radius 1 is 0.792 bits per heavy atom. The molecule has 0 aromatic carbocycles. The van der Waals surface area contributed by atoms with Gasteiger partial charge in [0.05, 0.1) is 13.0 Å². The Morgan fingerprint density at radius 3 is 1.94 bits per heavy atom. The predicted octanol–water partition coefficient (Wildman–Crippen LogP) is 0.823. The molecule has 1 unspecified atom stereocenters. The molecular weight excluding hydrogens is 686 g/mol. The van der Waals surface area contributed by atoms with Gasteiger partial charge in [0.15, 0.2) is 0 Å². The van der Waals surface area contributed by atoms with E-state index in [9.17, 15) is 43.5 Å². The highest BCUT2D eigenvalue weighted by Gasteiger charge is 2.45. The lowest BCUT2D eigenvalue weighted by molar-refractivity contribution is -0.160. The van der Waals surface area contributed by atoms with E-state index in [2.05, 4.69) is 10.6 Å². The first-order valence-corrected chi connectivity index (χ1v) is 19.1. The van der Waals surface area contributed by atoms with Crippen LogP contribution in [0, 0.1) is 11.8 Å². The zero-order chi connectivity index (χ0) is 39.6. The van der Waals surface area contributed by atoms with Crippen molar-refractivity contribution in [2.45, 2.75) is 129 Å². The summed E-state index contributed by atoms with van der Waals surface area (Å²) in [6.07, 6.45) is 7.28. The highest BCUT2D eigenvalue weighted by Crippen LogP contribution is 2.30. The van der Waals surface area contributed by atoms with Gasteiger partial charge in [-0.3, -0.25) is 38.4 Å². The second kappa shape index (κ2) is 19.7. The van der Waals surface area contributed by atoms with Gasteiger partial charge < -0.3 is 40.2 Å². The van der Waals surface area contributed by atoms with Crippen molar-refractivity contribution < 1.29 is 43.5 Å². The Balaban J connectivity index is 1.73. The molecule has 298 valence electrons. The molecular formula is C37H61N7O9. The summed E-state index contributed by atoms with van der Waals surface area (Å²) >= 11 is 0. The molecule has 0 aromatic rings. The van der Waals surface area contributed by atoms with Crippen LogP contribution in [0.4, 0.5) is 0 Å². The van der Waals surface area contributed by atoms with Crippen LogP contribution in [-0.2, 0) is 38.4 Å². The van der Waals surface area contributed by atoms with Crippen molar-refractivity contribution in [2.75, 3.05) is 47.3 Å². The molecule has 7 amide bonds. The molecule has 2 saturated heterocycles. The summed E-state index contributed by atoms with van der Waals surface area (Å²) in [6, 6.07) is -4.78. The van der Waals surface area contributed by atoms with Gasteiger partial charge in [0.2, 0.25) is 41.4 Å². The van der Waals surface area contributed by atoms with Crippen molar-refractivity contribution >= 4 is 47.3 Å². The monoisotopic (exact) mass is 747 g/mol. The second-order valence-corrected chi connectivity index (χ2v) is 15.2. The van der Waals surface area contributed by atoms with Gasteiger partial charge in [0, 0.05) is 47.7 Å². The quantitative estimate of drug-likeness (QED) is 0.193. The van der Waals surface area contributed by atoms with Crippen molar-refractivity contribution in [1.29, 1.82) is 0 Å². The third kappa shape index (κ3) is 11.4. The van der Waals surface area contributed by atoms with Gasteiger partial charge in [-0.25, -0.2) is 0 Å². The van der Waals surface area contributed by atoms with Gasteiger partial charge in [0.1, 0.15) is 30.2 Å². The van der Waals surface area contributed by atoms with E-state index < -0.39 is 84.6 Å². The van der Waals surface area contributed by atoms with E-state index >= 15 is 0 Å². The maximum absolute atomic E-state index is 14.1. The number of carboxylic acids is 1. The van der Waals surface area contributed by atoms with Crippen LogP contribution < -0.4 is 10.6 Å². The lowest BCUT2D eigenvalue weighted by Crippen LogP contribution is -2.64. The summed E-state index contributed by atoms with van der Waals surface area (Å²) < 4.78 is 0. The number of carbonyl (C=O) groups is 8. The molecule has 0 spiro atoms. The zero-order valence-corrected chi connectivity index (χ0v) is 32.6. The lowest BCUT2D eigenvalue weighted by atomic mass is 9.84. The number of nitrogens with zero attached hydrogens (tertiary/aromatic N) is 5. The van der Waals surface area contributed by atoms with Crippen LogP contribution >= 0.6 is 0 Å². The van der Waals surface area contributed by atoms with E-state index in [1.54, 1.807) is 6.92 Å². The van der Waals surface area contributed by atoms with Crippen LogP contribution in [0.25, 0.3) is 0 Å². The smallest absolute Gasteiger partial charge is 0.305 e. The highest BCUT2D eigenvalue weighted by atomic mass is 16.4. The van der Waals surface area contributed by atoms with Crippen LogP contribution in [0.5, 0.6) is 0 Å². The molecule has 1 saturated carbocycles. The van der Waals surface area contributed by atoms with E-state index in [4.69, 9.17) is 0 Å². The van der Waals surface area contributed by atoms with Gasteiger partial charge in [-0.2, -0.15) is 0 Å². The van der Waals surface area contributed by atoms with Gasteiger partial charge in [-0.15, -0.1) is 0 Å². The number of nitrogens with one attached hydrogen (secondary N) is 2. The van der Waals surface area contributed by atoms with E-state index in [-0.39, 0.29) is 17.7 Å². The molecule has 0 bridgehead atoms. The first-order valence-electron chi connectivity index (χ1n) is 19.1. The van der Waals surface area contributed by atoms with Crippen LogP contribution in [0.1, 0.15) is 98.3 Å². The molecule has 3 N–H and O–H groups in total. The number of likely N-dealkylation sites (tertiary alicyclic amines) is 2. The van der Waals surface area contributed by atoms with Crippen LogP contribution in [-0.4, -0.2) is 154 Å². The first kappa shape index (κ1) is 43.2. The van der Waals surface area contributed by atoms with Crippen molar-refractivity contribution in [2.24, 2.45) is 11.8 Å². The fourth-order valence-corrected chi connectivity index (χ4v) is 7.50. The van der Waals surface area contributed by atoms with E-state index in [0.717, 1.165) is 44.9 Å². The van der Waals surface area contributed by atoms with Crippen LogP contribution in [0.15, 0.2) is 0 Å². The minimum absolute atomic E-state index is 0.172. The van der Waals surface area contributed by atoms with Gasteiger partial charge in [-0.05, 0) is 44.4 Å². The molecule has 3 fully saturated rings. The van der Waals surface area contributed by atoms with Crippen LogP contribution in [0.2, 0.25) is 0 Å². The zero-order valence-electron chi connectivity index (χ0n) is 32.6. The Bertz CT molecular complexity index is 1360. The normalized spacial score (nSPS) is 20.2. The van der Waals surface area contributed by atoms with Gasteiger partial charge in [0.25, 0.3) is 0 Å². The van der Waals surface area contributed by atoms with Crippen molar-refractivity contribution in [3.63, 3.8) is 0 Å². The standard InChI is InChI=1S/C37H61N7O9/c1-8-23(2)32(38-25(4)45)37(53)41(6)24(3)33(49)44-19-16-28(44)36(52)42(7)29(20-26-14-10-9-11-15-26)35(51)40(5)22-30(46)39-27(21-31(47)48)34(50)43-17-12-13-18-43/h23-24,26-29,32H,8-22H2,1-7H3,(H,38,45)(H,39,46)(H,47,48)/t23-,24-,27-,28-,29-,32?/m0/s1. The number of rotatable bonds is 17.